The molecule has 0 bridgehead atoms. The van der Waals surface area contributed by atoms with E-state index < -0.39 is 0 Å². The van der Waals surface area contributed by atoms with Gasteiger partial charge in [-0.25, -0.2) is 0 Å². The lowest BCUT2D eigenvalue weighted by Gasteiger charge is -2.29. The zero-order valence-corrected chi connectivity index (χ0v) is 12.4. The zero-order chi connectivity index (χ0) is 14.9. The zero-order valence-electron chi connectivity index (χ0n) is 12.4. The van der Waals surface area contributed by atoms with Gasteiger partial charge in [0.1, 0.15) is 6.61 Å². The van der Waals surface area contributed by atoms with Gasteiger partial charge in [-0.15, -0.1) is 0 Å². The second kappa shape index (κ2) is 8.61. The number of carbonyl (C=O) groups is 1. The number of hydrogen-bond donors (Lipinski definition) is 2. The standard InChI is InChI=1S/C15H23N3O3/c1-20-10-11-21-12-15(19)17-13-2-4-14(5-3-13)18-8-6-16-7-9-18/h2-5,16H,6-12H2,1H3,(H,17,19). The van der Waals surface area contributed by atoms with Gasteiger partial charge in [-0.3, -0.25) is 4.79 Å². The van der Waals surface area contributed by atoms with E-state index in [2.05, 4.69) is 15.5 Å². The molecule has 21 heavy (non-hydrogen) atoms. The van der Waals surface area contributed by atoms with Crippen molar-refractivity contribution in [2.24, 2.45) is 0 Å². The van der Waals surface area contributed by atoms with Crippen molar-refractivity contribution in [2.45, 2.75) is 0 Å². The van der Waals surface area contributed by atoms with E-state index >= 15 is 0 Å². The highest BCUT2D eigenvalue weighted by atomic mass is 16.5. The molecule has 2 rings (SSSR count). The molecule has 0 spiro atoms. The predicted octanol–water partition coefficient (Wildman–Crippen LogP) is 0.698. The lowest BCUT2D eigenvalue weighted by atomic mass is 10.2. The maximum Gasteiger partial charge on any atom is 0.250 e. The summed E-state index contributed by atoms with van der Waals surface area (Å²) in [4.78, 5) is 14.0. The quantitative estimate of drug-likeness (QED) is 0.725. The molecular weight excluding hydrogens is 270 g/mol. The molecule has 1 aromatic carbocycles. The molecule has 0 radical (unpaired) electrons. The molecule has 6 nitrogen and oxygen atoms in total. The molecule has 1 fully saturated rings. The Morgan fingerprint density at radius 2 is 1.95 bits per heavy atom. The Kier molecular flexibility index (Phi) is 6.46. The molecule has 0 atom stereocenters. The Morgan fingerprint density at radius 3 is 2.62 bits per heavy atom. The molecule has 1 amide bonds. The van der Waals surface area contributed by atoms with E-state index in [9.17, 15) is 4.79 Å². The van der Waals surface area contributed by atoms with E-state index in [-0.39, 0.29) is 12.5 Å². The van der Waals surface area contributed by atoms with Crippen molar-refractivity contribution >= 4 is 17.3 Å². The molecule has 0 saturated carbocycles. The van der Waals surface area contributed by atoms with Crippen molar-refractivity contribution in [2.75, 3.05) is 63.3 Å². The summed E-state index contributed by atoms with van der Waals surface area (Å²) in [7, 11) is 1.60. The highest BCUT2D eigenvalue weighted by Gasteiger charge is 2.10. The Bertz CT molecular complexity index is 430. The topological polar surface area (TPSA) is 62.8 Å². The van der Waals surface area contributed by atoms with Crippen LogP contribution >= 0.6 is 0 Å². The van der Waals surface area contributed by atoms with Crippen LogP contribution in [0.4, 0.5) is 11.4 Å². The number of nitrogens with one attached hydrogen (secondary N) is 2. The van der Waals surface area contributed by atoms with Gasteiger partial charge in [0.25, 0.3) is 0 Å². The molecule has 1 saturated heterocycles. The largest absolute Gasteiger partial charge is 0.382 e. The fourth-order valence-corrected chi connectivity index (χ4v) is 2.18. The maximum atomic E-state index is 11.7. The molecule has 1 heterocycles. The third-order valence-corrected chi connectivity index (χ3v) is 3.30. The first kappa shape index (κ1) is 15.8. The van der Waals surface area contributed by atoms with Crippen molar-refractivity contribution in [1.82, 2.24) is 5.32 Å². The number of piperazine rings is 1. The first-order valence-electron chi connectivity index (χ1n) is 7.22. The smallest absolute Gasteiger partial charge is 0.250 e. The summed E-state index contributed by atoms with van der Waals surface area (Å²) in [5.74, 6) is -0.152. The van der Waals surface area contributed by atoms with Crippen molar-refractivity contribution in [1.29, 1.82) is 0 Å². The highest BCUT2D eigenvalue weighted by molar-refractivity contribution is 5.91. The average molecular weight is 293 g/mol. The SMILES string of the molecule is COCCOCC(=O)Nc1ccc(N2CCNCC2)cc1. The lowest BCUT2D eigenvalue weighted by molar-refractivity contribution is -0.121. The summed E-state index contributed by atoms with van der Waals surface area (Å²) in [5.41, 5.74) is 1.97. The molecule has 1 aromatic rings. The van der Waals surface area contributed by atoms with Crippen molar-refractivity contribution in [3.05, 3.63) is 24.3 Å². The normalized spacial score (nSPS) is 15.0. The Morgan fingerprint density at radius 1 is 1.24 bits per heavy atom. The summed E-state index contributed by atoms with van der Waals surface area (Å²) in [5, 5.41) is 6.14. The fraction of sp³-hybridized carbons (Fsp3) is 0.533. The predicted molar refractivity (Wildman–Crippen MR) is 82.8 cm³/mol. The minimum Gasteiger partial charge on any atom is -0.382 e. The van der Waals surface area contributed by atoms with Crippen LogP contribution in [0.3, 0.4) is 0 Å². The fourth-order valence-electron chi connectivity index (χ4n) is 2.18. The van der Waals surface area contributed by atoms with Crippen LogP contribution in [0.5, 0.6) is 0 Å². The molecule has 0 aliphatic carbocycles. The molecule has 0 aromatic heterocycles. The van der Waals surface area contributed by atoms with E-state index in [0.717, 1.165) is 31.9 Å². The van der Waals surface area contributed by atoms with Crippen molar-refractivity contribution < 1.29 is 14.3 Å². The number of amides is 1. The third-order valence-electron chi connectivity index (χ3n) is 3.30. The van der Waals surface area contributed by atoms with E-state index in [4.69, 9.17) is 9.47 Å². The van der Waals surface area contributed by atoms with Gasteiger partial charge in [0.05, 0.1) is 13.2 Å². The number of nitrogens with zero attached hydrogens (tertiary/aromatic N) is 1. The monoisotopic (exact) mass is 293 g/mol. The summed E-state index contributed by atoms with van der Waals surface area (Å²) < 4.78 is 10.0. The van der Waals surface area contributed by atoms with Gasteiger partial charge < -0.3 is 25.0 Å². The Hall–Kier alpha value is -1.63. The lowest BCUT2D eigenvalue weighted by Crippen LogP contribution is -2.43. The summed E-state index contributed by atoms with van der Waals surface area (Å²) in [6.45, 7) is 5.01. The summed E-state index contributed by atoms with van der Waals surface area (Å²) in [6.07, 6.45) is 0. The van der Waals surface area contributed by atoms with Crippen LogP contribution in [0.25, 0.3) is 0 Å². The van der Waals surface area contributed by atoms with Crippen LogP contribution in [0.15, 0.2) is 24.3 Å². The summed E-state index contributed by atoms with van der Waals surface area (Å²) >= 11 is 0. The maximum absolute atomic E-state index is 11.7. The number of methoxy groups -OCH3 is 1. The van der Waals surface area contributed by atoms with Crippen molar-refractivity contribution in [3.63, 3.8) is 0 Å². The first-order valence-corrected chi connectivity index (χ1v) is 7.22. The molecule has 6 heteroatoms. The van der Waals surface area contributed by atoms with Gasteiger partial charge in [0.2, 0.25) is 5.91 Å². The van der Waals surface area contributed by atoms with Crippen LogP contribution in [0.2, 0.25) is 0 Å². The average Bonchev–Trinajstić information content (AvgIpc) is 2.53. The molecular formula is C15H23N3O3. The number of rotatable bonds is 7. The molecule has 1 aliphatic rings. The molecule has 116 valence electrons. The van der Waals surface area contributed by atoms with Gasteiger partial charge in [0, 0.05) is 44.7 Å². The second-order valence-corrected chi connectivity index (χ2v) is 4.88. The van der Waals surface area contributed by atoms with Gasteiger partial charge in [-0.2, -0.15) is 0 Å². The van der Waals surface area contributed by atoms with Crippen molar-refractivity contribution in [3.8, 4) is 0 Å². The van der Waals surface area contributed by atoms with Gasteiger partial charge >= 0.3 is 0 Å². The third kappa shape index (κ3) is 5.34. The van der Waals surface area contributed by atoms with Gasteiger partial charge in [-0.1, -0.05) is 0 Å². The van der Waals surface area contributed by atoms with E-state index in [1.807, 2.05) is 24.3 Å². The second-order valence-electron chi connectivity index (χ2n) is 4.88. The van der Waals surface area contributed by atoms with E-state index in [0.29, 0.717) is 13.2 Å². The molecule has 2 N–H and O–H groups in total. The summed E-state index contributed by atoms with van der Waals surface area (Å²) in [6, 6.07) is 7.91. The molecule has 1 aliphatic heterocycles. The number of ether oxygens (including phenoxy) is 2. The number of anilines is 2. The first-order chi connectivity index (χ1) is 10.3. The Balaban J connectivity index is 1.77. The Labute approximate surface area is 125 Å². The van der Waals surface area contributed by atoms with Gasteiger partial charge in [0.15, 0.2) is 0 Å². The van der Waals surface area contributed by atoms with Crippen LogP contribution in [-0.4, -0.2) is 59.0 Å². The van der Waals surface area contributed by atoms with Crippen LogP contribution in [0.1, 0.15) is 0 Å². The van der Waals surface area contributed by atoms with Crippen LogP contribution in [-0.2, 0) is 14.3 Å². The van der Waals surface area contributed by atoms with Gasteiger partial charge in [-0.05, 0) is 24.3 Å². The number of benzene rings is 1. The van der Waals surface area contributed by atoms with Crippen LogP contribution < -0.4 is 15.5 Å². The van der Waals surface area contributed by atoms with E-state index in [1.54, 1.807) is 7.11 Å². The number of hydrogen-bond acceptors (Lipinski definition) is 5. The minimum absolute atomic E-state index is 0.0445. The minimum atomic E-state index is -0.152. The van der Waals surface area contributed by atoms with Crippen LogP contribution in [0, 0.1) is 0 Å². The number of carbonyl (C=O) groups excluding carboxylic acids is 1. The molecule has 0 unspecified atom stereocenters. The highest BCUT2D eigenvalue weighted by Crippen LogP contribution is 2.18. The van der Waals surface area contributed by atoms with E-state index in [1.165, 1.54) is 5.69 Å².